The summed E-state index contributed by atoms with van der Waals surface area (Å²) < 4.78 is 1.57. The highest BCUT2D eigenvalue weighted by atomic mass is 16.2. The summed E-state index contributed by atoms with van der Waals surface area (Å²) in [5, 5.41) is 19.0. The number of aromatic nitrogens is 3. The average molecular weight is 620 g/mol. The SMILES string of the molecule is NCCCC[C@@H]1NC(=O)c2cn(nn2)CCCCCCC(=O)NCCCC[C@@H](C=O)NC(=O)[C@H](CCCN=C(N)N)NC1=O. The molecular weight excluding hydrogens is 570 g/mol. The Morgan fingerprint density at radius 2 is 1.66 bits per heavy atom. The number of nitrogens with one attached hydrogen (secondary N) is 4. The Morgan fingerprint density at radius 3 is 2.41 bits per heavy atom. The molecule has 0 saturated carbocycles. The molecule has 10 N–H and O–H groups in total. The van der Waals surface area contributed by atoms with Gasteiger partial charge in [-0.05, 0) is 70.8 Å². The largest absolute Gasteiger partial charge is 0.370 e. The monoisotopic (exact) mass is 619 g/mol. The van der Waals surface area contributed by atoms with E-state index >= 15 is 0 Å². The fraction of sp³-hybridized carbons (Fsp3) is 0.714. The molecule has 16 heteroatoms. The highest BCUT2D eigenvalue weighted by molar-refractivity contribution is 5.97. The number of hydrogen-bond donors (Lipinski definition) is 7. The molecule has 44 heavy (non-hydrogen) atoms. The van der Waals surface area contributed by atoms with Gasteiger partial charge in [0.25, 0.3) is 5.91 Å². The van der Waals surface area contributed by atoms with Crippen LogP contribution in [0.5, 0.6) is 0 Å². The maximum Gasteiger partial charge on any atom is 0.274 e. The molecule has 4 amide bonds. The van der Waals surface area contributed by atoms with Crippen molar-refractivity contribution in [2.45, 2.75) is 108 Å². The van der Waals surface area contributed by atoms with Crippen LogP contribution in [0, 0.1) is 0 Å². The molecule has 0 saturated heterocycles. The van der Waals surface area contributed by atoms with E-state index in [1.807, 2.05) is 0 Å². The number of carbonyl (C=O) groups is 5. The Kier molecular flexibility index (Phi) is 17.0. The zero-order chi connectivity index (χ0) is 32.2. The fourth-order valence-corrected chi connectivity index (χ4v) is 4.73. The van der Waals surface area contributed by atoms with E-state index in [0.29, 0.717) is 77.3 Å². The number of fused-ring (bicyclic) bond motifs is 2. The summed E-state index contributed by atoms with van der Waals surface area (Å²) in [6, 6.07) is -2.75. The fourth-order valence-electron chi connectivity index (χ4n) is 4.73. The zero-order valence-electron chi connectivity index (χ0n) is 25.5. The molecule has 3 atom stereocenters. The first-order chi connectivity index (χ1) is 21.2. The quantitative estimate of drug-likeness (QED) is 0.0766. The zero-order valence-corrected chi connectivity index (χ0v) is 25.5. The van der Waals surface area contributed by atoms with E-state index in [9.17, 15) is 24.0 Å². The standard InChI is InChI=1S/C28H49N11O5/c29-14-6-4-11-21-26(43)35-22(12-9-16-33-28(30)31)25(42)34-20(19-40)10-5-7-15-32-24(41)13-3-1-2-8-17-39-18-23(37-38-39)27(44)36-21/h18-22H,1-17,29H2,(H,32,41)(H,34,42)(H,35,43)(H,36,44)(H4,30,31,33)/t20-,21-,22-/m0/s1. The summed E-state index contributed by atoms with van der Waals surface area (Å²) in [4.78, 5) is 67.6. The second kappa shape index (κ2) is 20.8. The second-order valence-electron chi connectivity index (χ2n) is 10.9. The van der Waals surface area contributed by atoms with Gasteiger partial charge in [0, 0.05) is 26.1 Å². The van der Waals surface area contributed by atoms with Crippen LogP contribution in [0.25, 0.3) is 0 Å². The molecular formula is C28H49N11O5. The second-order valence-corrected chi connectivity index (χ2v) is 10.9. The van der Waals surface area contributed by atoms with Gasteiger partial charge in [0.05, 0.1) is 12.2 Å². The number of guanidine groups is 1. The summed E-state index contributed by atoms with van der Waals surface area (Å²) in [5.74, 6) is -1.79. The van der Waals surface area contributed by atoms with Crippen LogP contribution < -0.4 is 38.5 Å². The Hall–Kier alpha value is -4.08. The normalized spacial score (nSPS) is 22.0. The maximum absolute atomic E-state index is 13.4. The molecule has 0 radical (unpaired) electrons. The van der Waals surface area contributed by atoms with E-state index in [1.165, 1.54) is 6.20 Å². The first-order valence-electron chi connectivity index (χ1n) is 15.5. The van der Waals surface area contributed by atoms with Gasteiger partial charge in [-0.1, -0.05) is 18.1 Å². The number of unbranched alkanes of at least 4 members (excludes halogenated alkanes) is 1. The molecule has 0 fully saturated rings. The van der Waals surface area contributed by atoms with Crippen LogP contribution in [0.2, 0.25) is 0 Å². The lowest BCUT2D eigenvalue weighted by Gasteiger charge is -2.24. The van der Waals surface area contributed by atoms with Crippen molar-refractivity contribution in [2.24, 2.45) is 22.2 Å². The number of amides is 4. The molecule has 2 heterocycles. The highest BCUT2D eigenvalue weighted by Gasteiger charge is 2.28. The van der Waals surface area contributed by atoms with Gasteiger partial charge < -0.3 is 43.3 Å². The Bertz CT molecular complexity index is 1090. The minimum atomic E-state index is -1.02. The third-order valence-corrected chi connectivity index (χ3v) is 7.22. The third-order valence-electron chi connectivity index (χ3n) is 7.22. The third kappa shape index (κ3) is 14.4. The van der Waals surface area contributed by atoms with E-state index in [2.05, 4.69) is 36.6 Å². The Labute approximate surface area is 258 Å². The lowest BCUT2D eigenvalue weighted by Crippen LogP contribution is -2.55. The van der Waals surface area contributed by atoms with Gasteiger partial charge in [-0.3, -0.25) is 28.9 Å². The molecule has 0 aromatic carbocycles. The highest BCUT2D eigenvalue weighted by Crippen LogP contribution is 2.09. The molecule has 1 aromatic heterocycles. The van der Waals surface area contributed by atoms with Gasteiger partial charge in [0.2, 0.25) is 17.7 Å². The molecule has 2 bridgehead atoms. The first-order valence-corrected chi connectivity index (χ1v) is 15.5. The molecule has 1 aliphatic heterocycles. The number of nitrogens with zero attached hydrogens (tertiary/aromatic N) is 4. The van der Waals surface area contributed by atoms with Crippen LogP contribution >= 0.6 is 0 Å². The lowest BCUT2D eigenvalue weighted by atomic mass is 10.0. The molecule has 1 aliphatic rings. The van der Waals surface area contributed by atoms with Crippen LogP contribution in [0.1, 0.15) is 94.0 Å². The van der Waals surface area contributed by atoms with E-state index in [0.717, 1.165) is 25.7 Å². The van der Waals surface area contributed by atoms with Crippen molar-refractivity contribution in [3.05, 3.63) is 11.9 Å². The number of carbonyl (C=O) groups excluding carboxylic acids is 5. The number of nitrogens with two attached hydrogens (primary N) is 3. The minimum absolute atomic E-state index is 0.0210. The van der Waals surface area contributed by atoms with Crippen molar-refractivity contribution in [1.29, 1.82) is 0 Å². The predicted octanol–water partition coefficient (Wildman–Crippen LogP) is -1.02. The predicted molar refractivity (Wildman–Crippen MR) is 164 cm³/mol. The minimum Gasteiger partial charge on any atom is -0.370 e. The van der Waals surface area contributed by atoms with Gasteiger partial charge in [0.1, 0.15) is 18.4 Å². The van der Waals surface area contributed by atoms with Crippen molar-refractivity contribution >= 4 is 35.9 Å². The van der Waals surface area contributed by atoms with Crippen LogP contribution in [-0.4, -0.2) is 88.6 Å². The van der Waals surface area contributed by atoms with Crippen molar-refractivity contribution < 1.29 is 24.0 Å². The van der Waals surface area contributed by atoms with Gasteiger partial charge in [-0.2, -0.15) is 0 Å². The molecule has 0 spiro atoms. The molecule has 1 aromatic rings. The molecule has 16 nitrogen and oxygen atoms in total. The van der Waals surface area contributed by atoms with Crippen LogP contribution in [0.3, 0.4) is 0 Å². The van der Waals surface area contributed by atoms with Crippen molar-refractivity contribution in [3.63, 3.8) is 0 Å². The van der Waals surface area contributed by atoms with E-state index in [1.54, 1.807) is 4.68 Å². The first kappa shape index (κ1) is 36.1. The maximum atomic E-state index is 13.4. The van der Waals surface area contributed by atoms with E-state index < -0.39 is 35.8 Å². The summed E-state index contributed by atoms with van der Waals surface area (Å²) in [7, 11) is 0. The Balaban J connectivity index is 2.23. The van der Waals surface area contributed by atoms with Gasteiger partial charge >= 0.3 is 0 Å². The molecule has 246 valence electrons. The number of aliphatic imine (C=N–C) groups is 1. The number of rotatable bonds is 9. The molecule has 0 unspecified atom stereocenters. The smallest absolute Gasteiger partial charge is 0.274 e. The topological polar surface area (TPSA) is 255 Å². The van der Waals surface area contributed by atoms with E-state index in [4.69, 9.17) is 17.2 Å². The van der Waals surface area contributed by atoms with E-state index in [-0.39, 0.29) is 30.5 Å². The number of hydrogen-bond acceptors (Lipinski definition) is 9. The molecule has 0 aliphatic carbocycles. The average Bonchev–Trinajstić information content (AvgIpc) is 3.47. The van der Waals surface area contributed by atoms with Crippen molar-refractivity contribution in [3.8, 4) is 0 Å². The number of aldehydes is 1. The van der Waals surface area contributed by atoms with Crippen LogP contribution in [0.15, 0.2) is 11.2 Å². The molecule has 2 rings (SSSR count). The summed E-state index contributed by atoms with van der Waals surface area (Å²) in [6.45, 7) is 1.70. The van der Waals surface area contributed by atoms with Crippen molar-refractivity contribution in [1.82, 2.24) is 36.3 Å². The summed E-state index contributed by atoms with van der Waals surface area (Å²) in [5.41, 5.74) is 16.5. The Morgan fingerprint density at radius 1 is 0.932 bits per heavy atom. The van der Waals surface area contributed by atoms with Gasteiger partial charge in [0.15, 0.2) is 11.7 Å². The lowest BCUT2D eigenvalue weighted by molar-refractivity contribution is -0.131. The van der Waals surface area contributed by atoms with Gasteiger partial charge in [-0.15, -0.1) is 5.10 Å². The summed E-state index contributed by atoms with van der Waals surface area (Å²) >= 11 is 0. The number of aryl methyl sites for hydroxylation is 1. The van der Waals surface area contributed by atoms with Crippen LogP contribution in [0.4, 0.5) is 0 Å². The van der Waals surface area contributed by atoms with Crippen LogP contribution in [-0.2, 0) is 25.7 Å². The van der Waals surface area contributed by atoms with Crippen molar-refractivity contribution in [2.75, 3.05) is 19.6 Å². The van der Waals surface area contributed by atoms with Gasteiger partial charge in [-0.25, -0.2) is 0 Å². The summed E-state index contributed by atoms with van der Waals surface area (Å²) in [6.07, 6.45) is 9.63.